The van der Waals surface area contributed by atoms with Gasteiger partial charge in [-0.05, 0) is 60.9 Å². The number of aliphatic hydroxyl groups is 1. The molecule has 1 unspecified atom stereocenters. The van der Waals surface area contributed by atoms with Crippen molar-refractivity contribution in [1.29, 1.82) is 0 Å². The van der Waals surface area contributed by atoms with Gasteiger partial charge in [-0.15, -0.1) is 0 Å². The van der Waals surface area contributed by atoms with Crippen molar-refractivity contribution in [1.82, 2.24) is 4.90 Å². The molecule has 142 valence electrons. The number of anilines is 1. The predicted octanol–water partition coefficient (Wildman–Crippen LogP) is 3.56. The number of aliphatic hydroxyl groups excluding tert-OH is 1. The van der Waals surface area contributed by atoms with E-state index in [4.69, 9.17) is 0 Å². The first-order valence-corrected chi connectivity index (χ1v) is 10.0. The van der Waals surface area contributed by atoms with Crippen LogP contribution in [0, 0.1) is 5.92 Å². The molecule has 1 amide bonds. The molecule has 0 radical (unpaired) electrons. The van der Waals surface area contributed by atoms with E-state index in [0.29, 0.717) is 18.9 Å². The zero-order valence-electron chi connectivity index (χ0n) is 15.7. The molecule has 27 heavy (non-hydrogen) atoms. The molecule has 4 rings (SSSR count). The van der Waals surface area contributed by atoms with Crippen LogP contribution < -0.4 is 5.32 Å². The lowest BCUT2D eigenvalue weighted by Gasteiger charge is -2.34. The van der Waals surface area contributed by atoms with Gasteiger partial charge in [0.25, 0.3) is 0 Å². The fourth-order valence-electron chi connectivity index (χ4n) is 4.39. The molecule has 2 aliphatic rings. The first-order valence-electron chi connectivity index (χ1n) is 10.0. The summed E-state index contributed by atoms with van der Waals surface area (Å²) in [5.41, 5.74) is 4.38. The third kappa shape index (κ3) is 4.57. The maximum Gasteiger partial charge on any atom is 0.224 e. The molecular weight excluding hydrogens is 336 g/mol. The summed E-state index contributed by atoms with van der Waals surface area (Å²) in [6.45, 7) is 2.78. The molecule has 2 aliphatic heterocycles. The highest BCUT2D eigenvalue weighted by Gasteiger charge is 2.23. The number of β-amino-alcohol motifs (C(OH)–C–C–N with tert-alkyl or cyclic N) is 1. The number of amides is 1. The molecule has 2 atom stereocenters. The van der Waals surface area contributed by atoms with Gasteiger partial charge in [-0.3, -0.25) is 4.79 Å². The molecule has 0 saturated carbocycles. The lowest BCUT2D eigenvalue weighted by molar-refractivity contribution is -0.116. The van der Waals surface area contributed by atoms with Crippen molar-refractivity contribution < 1.29 is 9.90 Å². The van der Waals surface area contributed by atoms with Crippen LogP contribution >= 0.6 is 0 Å². The number of rotatable bonds is 5. The quantitative estimate of drug-likeness (QED) is 0.853. The van der Waals surface area contributed by atoms with Crippen LogP contribution in [0.25, 0.3) is 0 Å². The fourth-order valence-corrected chi connectivity index (χ4v) is 4.39. The van der Waals surface area contributed by atoms with Gasteiger partial charge in [0, 0.05) is 25.2 Å². The van der Waals surface area contributed by atoms with E-state index in [1.807, 2.05) is 12.1 Å². The molecule has 1 fully saturated rings. The topological polar surface area (TPSA) is 52.6 Å². The Morgan fingerprint density at radius 2 is 2.00 bits per heavy atom. The first kappa shape index (κ1) is 18.2. The normalized spacial score (nSPS) is 21.4. The van der Waals surface area contributed by atoms with E-state index in [2.05, 4.69) is 46.6 Å². The highest BCUT2D eigenvalue weighted by Crippen LogP contribution is 2.28. The molecule has 0 spiro atoms. The van der Waals surface area contributed by atoms with Crippen LogP contribution in [0.2, 0.25) is 0 Å². The number of carbonyl (C=O) groups excluding carboxylic acids is 1. The predicted molar refractivity (Wildman–Crippen MR) is 108 cm³/mol. The highest BCUT2D eigenvalue weighted by atomic mass is 16.3. The van der Waals surface area contributed by atoms with Crippen LogP contribution in [-0.4, -0.2) is 35.5 Å². The van der Waals surface area contributed by atoms with E-state index in [9.17, 15) is 9.90 Å². The van der Waals surface area contributed by atoms with E-state index >= 15 is 0 Å². The van der Waals surface area contributed by atoms with Crippen LogP contribution in [0.5, 0.6) is 0 Å². The Morgan fingerprint density at radius 3 is 2.85 bits per heavy atom. The highest BCUT2D eigenvalue weighted by molar-refractivity contribution is 5.93. The van der Waals surface area contributed by atoms with Crippen molar-refractivity contribution in [3.8, 4) is 0 Å². The number of benzene rings is 2. The average Bonchev–Trinajstić information content (AvgIpc) is 2.68. The van der Waals surface area contributed by atoms with E-state index in [0.717, 1.165) is 42.7 Å². The van der Waals surface area contributed by atoms with Crippen LogP contribution in [0.4, 0.5) is 5.69 Å². The maximum absolute atomic E-state index is 11.5. The van der Waals surface area contributed by atoms with Gasteiger partial charge in [-0.2, -0.15) is 0 Å². The number of likely N-dealkylation sites (tertiary alicyclic amines) is 1. The van der Waals surface area contributed by atoms with E-state index < -0.39 is 6.10 Å². The molecule has 0 aromatic heterocycles. The molecule has 1 saturated heterocycles. The summed E-state index contributed by atoms with van der Waals surface area (Å²) >= 11 is 0. The zero-order valence-corrected chi connectivity index (χ0v) is 15.7. The Bertz CT molecular complexity index is 790. The number of piperidine rings is 1. The summed E-state index contributed by atoms with van der Waals surface area (Å²) in [5, 5.41) is 13.7. The number of hydrogen-bond donors (Lipinski definition) is 2. The summed E-state index contributed by atoms with van der Waals surface area (Å²) in [5.74, 6) is 0.737. The van der Waals surface area contributed by atoms with Gasteiger partial charge in [0.1, 0.15) is 0 Å². The second-order valence-corrected chi connectivity index (χ2v) is 7.94. The average molecular weight is 364 g/mol. The van der Waals surface area contributed by atoms with Crippen molar-refractivity contribution in [2.45, 2.75) is 38.2 Å². The molecular formula is C23H28N2O2. The molecule has 2 aromatic carbocycles. The number of nitrogens with zero attached hydrogens (tertiary/aromatic N) is 1. The zero-order chi connectivity index (χ0) is 18.6. The minimum atomic E-state index is -0.483. The molecule has 4 nitrogen and oxygen atoms in total. The van der Waals surface area contributed by atoms with Gasteiger partial charge in [0.05, 0.1) is 6.10 Å². The number of nitrogens with one attached hydrogen (secondary N) is 1. The third-order valence-electron chi connectivity index (χ3n) is 5.81. The summed E-state index contributed by atoms with van der Waals surface area (Å²) in [6, 6.07) is 16.6. The number of hydrogen-bond acceptors (Lipinski definition) is 3. The molecule has 4 heteroatoms. The number of fused-ring (bicyclic) bond motifs is 1. The third-order valence-corrected chi connectivity index (χ3v) is 5.81. The lowest BCUT2D eigenvalue weighted by atomic mass is 9.91. The Labute approximate surface area is 161 Å². The lowest BCUT2D eigenvalue weighted by Crippen LogP contribution is -2.38. The minimum absolute atomic E-state index is 0.0774. The number of carbonyl (C=O) groups is 1. The summed E-state index contributed by atoms with van der Waals surface area (Å²) in [4.78, 5) is 13.9. The van der Waals surface area contributed by atoms with Gasteiger partial charge >= 0.3 is 0 Å². The molecule has 2 N–H and O–H groups in total. The fraction of sp³-hybridized carbons (Fsp3) is 0.435. The van der Waals surface area contributed by atoms with E-state index in [1.165, 1.54) is 18.4 Å². The standard InChI is InChI=1S/C23H28N2O2/c26-22(20-8-10-21-19(14-20)9-11-23(27)24-21)16-25-12-4-7-18(15-25)13-17-5-2-1-3-6-17/h1-3,5-6,8,10,14,18,22,26H,4,7,9,11-13,15-16H2,(H,24,27)/t18-,22?/m0/s1. The van der Waals surface area contributed by atoms with Crippen LogP contribution in [0.15, 0.2) is 48.5 Å². The maximum atomic E-state index is 11.5. The second kappa shape index (κ2) is 8.24. The second-order valence-electron chi connectivity index (χ2n) is 7.94. The smallest absolute Gasteiger partial charge is 0.224 e. The summed E-state index contributed by atoms with van der Waals surface area (Å²) in [7, 11) is 0. The Hall–Kier alpha value is -2.17. The minimum Gasteiger partial charge on any atom is -0.387 e. The van der Waals surface area contributed by atoms with Crippen LogP contribution in [0.3, 0.4) is 0 Å². The van der Waals surface area contributed by atoms with Gasteiger partial charge in [0.2, 0.25) is 5.91 Å². The van der Waals surface area contributed by atoms with E-state index in [1.54, 1.807) is 0 Å². The Balaban J connectivity index is 1.36. The van der Waals surface area contributed by atoms with Crippen LogP contribution in [-0.2, 0) is 17.6 Å². The van der Waals surface area contributed by atoms with Crippen molar-refractivity contribution in [3.63, 3.8) is 0 Å². The number of aryl methyl sites for hydroxylation is 1. The van der Waals surface area contributed by atoms with Crippen molar-refractivity contribution >= 4 is 11.6 Å². The van der Waals surface area contributed by atoms with Crippen molar-refractivity contribution in [2.24, 2.45) is 5.92 Å². The Morgan fingerprint density at radius 1 is 1.15 bits per heavy atom. The van der Waals surface area contributed by atoms with Gasteiger partial charge in [-0.25, -0.2) is 0 Å². The van der Waals surface area contributed by atoms with Crippen molar-refractivity contribution in [3.05, 3.63) is 65.2 Å². The SMILES string of the molecule is O=C1CCc2cc(C(O)CN3CCC[C@@H](Cc4ccccc4)C3)ccc2N1. The Kier molecular flexibility index (Phi) is 5.55. The monoisotopic (exact) mass is 364 g/mol. The van der Waals surface area contributed by atoms with E-state index in [-0.39, 0.29) is 5.91 Å². The molecule has 2 aromatic rings. The largest absolute Gasteiger partial charge is 0.387 e. The molecule has 2 heterocycles. The van der Waals surface area contributed by atoms with Crippen LogP contribution in [0.1, 0.15) is 42.1 Å². The molecule has 0 aliphatic carbocycles. The summed E-state index contributed by atoms with van der Waals surface area (Å²) < 4.78 is 0. The van der Waals surface area contributed by atoms with Gasteiger partial charge in [0.15, 0.2) is 0 Å². The van der Waals surface area contributed by atoms with Gasteiger partial charge in [-0.1, -0.05) is 42.5 Å². The van der Waals surface area contributed by atoms with Crippen molar-refractivity contribution in [2.75, 3.05) is 25.0 Å². The van der Waals surface area contributed by atoms with Gasteiger partial charge < -0.3 is 15.3 Å². The first-order chi connectivity index (χ1) is 13.2. The summed E-state index contributed by atoms with van der Waals surface area (Å²) in [6.07, 6.45) is 4.38. The molecule has 0 bridgehead atoms.